The van der Waals surface area contributed by atoms with E-state index in [1.807, 2.05) is 0 Å². The monoisotopic (exact) mass is 610 g/mol. The molecule has 0 saturated heterocycles. The van der Waals surface area contributed by atoms with Crippen molar-refractivity contribution in [1.82, 2.24) is 0 Å². The van der Waals surface area contributed by atoms with Gasteiger partial charge in [0.15, 0.2) is 0 Å². The first-order chi connectivity index (χ1) is 23.6. The second-order valence-electron chi connectivity index (χ2n) is 14.0. The minimum absolute atomic E-state index is 0.0364. The third-order valence-electron chi connectivity index (χ3n) is 11.2. The Bertz CT molecular complexity index is 2970. The third kappa shape index (κ3) is 3.26. The van der Waals surface area contributed by atoms with Crippen LogP contribution in [-0.4, -0.2) is 0 Å². The van der Waals surface area contributed by atoms with Gasteiger partial charge < -0.3 is 4.42 Å². The molecule has 1 aliphatic carbocycles. The predicted molar refractivity (Wildman–Crippen MR) is 204 cm³/mol. The van der Waals surface area contributed by atoms with E-state index in [1.165, 1.54) is 92.6 Å². The topological polar surface area (TPSA) is 13.1 Å². The molecule has 1 aliphatic rings. The smallest absolute Gasteiger partial charge is 0.136 e. The van der Waals surface area contributed by atoms with Gasteiger partial charge in [0.05, 0.1) is 0 Å². The lowest BCUT2D eigenvalue weighted by Crippen LogP contribution is -2.14. The van der Waals surface area contributed by atoms with Gasteiger partial charge in [-0.05, 0) is 112 Å². The molecule has 48 heavy (non-hydrogen) atoms. The Morgan fingerprint density at radius 1 is 0.375 bits per heavy atom. The maximum atomic E-state index is 6.56. The fraction of sp³-hybridized carbons (Fsp3) is 0.0638. The van der Waals surface area contributed by atoms with Crippen LogP contribution in [0, 0.1) is 0 Å². The predicted octanol–water partition coefficient (Wildman–Crippen LogP) is 13.3. The fourth-order valence-electron chi connectivity index (χ4n) is 9.07. The van der Waals surface area contributed by atoms with Gasteiger partial charge in [0.2, 0.25) is 0 Å². The molecule has 0 amide bonds. The van der Waals surface area contributed by atoms with Crippen molar-refractivity contribution in [3.05, 3.63) is 157 Å². The lowest BCUT2D eigenvalue weighted by atomic mass is 9.81. The minimum Gasteiger partial charge on any atom is -0.456 e. The second kappa shape index (κ2) is 9.12. The molecule has 1 heteroatoms. The highest BCUT2D eigenvalue weighted by Gasteiger charge is 2.34. The molecule has 11 rings (SSSR count). The summed E-state index contributed by atoms with van der Waals surface area (Å²) >= 11 is 0. The van der Waals surface area contributed by atoms with Gasteiger partial charge in [-0.2, -0.15) is 0 Å². The van der Waals surface area contributed by atoms with E-state index in [0.717, 1.165) is 16.6 Å². The van der Waals surface area contributed by atoms with Gasteiger partial charge in [0, 0.05) is 16.2 Å². The highest BCUT2D eigenvalue weighted by atomic mass is 16.3. The molecule has 0 fully saturated rings. The number of benzene rings is 9. The van der Waals surface area contributed by atoms with E-state index in [4.69, 9.17) is 4.42 Å². The van der Waals surface area contributed by atoms with E-state index in [2.05, 4.69) is 159 Å². The molecular formula is C47H30O. The number of hydrogen-bond donors (Lipinski definition) is 0. The Morgan fingerprint density at radius 2 is 0.917 bits per heavy atom. The summed E-state index contributed by atoms with van der Waals surface area (Å²) in [6.07, 6.45) is 0. The summed E-state index contributed by atoms with van der Waals surface area (Å²) in [5, 5.41) is 15.2. The van der Waals surface area contributed by atoms with E-state index < -0.39 is 0 Å². The van der Waals surface area contributed by atoms with E-state index in [-0.39, 0.29) is 5.41 Å². The van der Waals surface area contributed by atoms with Crippen LogP contribution in [0.25, 0.3) is 98.1 Å². The maximum absolute atomic E-state index is 6.56. The van der Waals surface area contributed by atoms with Gasteiger partial charge in [-0.15, -0.1) is 0 Å². The molecule has 1 nitrogen and oxygen atoms in total. The van der Waals surface area contributed by atoms with Gasteiger partial charge >= 0.3 is 0 Å². The van der Waals surface area contributed by atoms with Crippen molar-refractivity contribution in [3.63, 3.8) is 0 Å². The molecular weight excluding hydrogens is 581 g/mol. The molecule has 9 aromatic carbocycles. The zero-order chi connectivity index (χ0) is 31.7. The summed E-state index contributed by atoms with van der Waals surface area (Å²) in [4.78, 5) is 0. The molecule has 10 aromatic rings. The van der Waals surface area contributed by atoms with Crippen LogP contribution in [0.1, 0.15) is 25.0 Å². The maximum Gasteiger partial charge on any atom is 0.136 e. The first kappa shape index (κ1) is 26.2. The summed E-state index contributed by atoms with van der Waals surface area (Å²) in [6, 6.07) is 53.8. The van der Waals surface area contributed by atoms with Crippen LogP contribution in [0.3, 0.4) is 0 Å². The second-order valence-corrected chi connectivity index (χ2v) is 14.0. The Balaban J connectivity index is 1.30. The van der Waals surface area contributed by atoms with Crippen LogP contribution in [0.2, 0.25) is 0 Å². The molecule has 1 aromatic heterocycles. The van der Waals surface area contributed by atoms with Crippen molar-refractivity contribution >= 4 is 75.8 Å². The van der Waals surface area contributed by atoms with Crippen molar-refractivity contribution < 1.29 is 4.42 Å². The van der Waals surface area contributed by atoms with E-state index in [9.17, 15) is 0 Å². The van der Waals surface area contributed by atoms with Crippen molar-refractivity contribution in [1.29, 1.82) is 0 Å². The molecule has 0 atom stereocenters. The summed E-state index contributed by atoms with van der Waals surface area (Å²) < 4.78 is 6.56. The Labute approximate surface area is 277 Å². The van der Waals surface area contributed by atoms with Crippen molar-refractivity contribution in [2.24, 2.45) is 0 Å². The average molecular weight is 611 g/mol. The number of fused-ring (bicyclic) bond motifs is 6. The van der Waals surface area contributed by atoms with Crippen LogP contribution in [-0.2, 0) is 5.41 Å². The zero-order valence-electron chi connectivity index (χ0n) is 26.8. The molecule has 0 spiro atoms. The van der Waals surface area contributed by atoms with Crippen LogP contribution < -0.4 is 0 Å². The lowest BCUT2D eigenvalue weighted by molar-refractivity contribution is 0.663. The summed E-state index contributed by atoms with van der Waals surface area (Å²) in [5.74, 6) is 0. The number of rotatable bonds is 2. The molecule has 0 aliphatic heterocycles. The Hall–Kier alpha value is -5.92. The summed E-state index contributed by atoms with van der Waals surface area (Å²) in [7, 11) is 0. The van der Waals surface area contributed by atoms with Gasteiger partial charge in [0.1, 0.15) is 11.2 Å². The molecule has 0 radical (unpaired) electrons. The molecule has 0 unspecified atom stereocenters. The highest BCUT2D eigenvalue weighted by molar-refractivity contribution is 6.29. The number of hydrogen-bond acceptors (Lipinski definition) is 1. The SMILES string of the molecule is CC1(C)c2cccc3cc(-c4c5ccccc5c(-c5cccc6oc7cc8ccccc8cc7c56)c5ccccc45)c4cccc1c4c23. The van der Waals surface area contributed by atoms with E-state index in [0.29, 0.717) is 0 Å². The normalized spacial score (nSPS) is 13.8. The van der Waals surface area contributed by atoms with Crippen molar-refractivity contribution in [2.45, 2.75) is 19.3 Å². The first-order valence-corrected chi connectivity index (χ1v) is 16.9. The lowest BCUT2D eigenvalue weighted by Gasteiger charge is -2.21. The van der Waals surface area contributed by atoms with Crippen molar-refractivity contribution in [3.8, 4) is 22.3 Å². The van der Waals surface area contributed by atoms with Gasteiger partial charge in [-0.25, -0.2) is 0 Å². The van der Waals surface area contributed by atoms with E-state index in [1.54, 1.807) is 0 Å². The van der Waals surface area contributed by atoms with Gasteiger partial charge in [-0.1, -0.05) is 135 Å². The molecule has 224 valence electrons. The van der Waals surface area contributed by atoms with Gasteiger partial charge in [-0.3, -0.25) is 0 Å². The van der Waals surface area contributed by atoms with Crippen LogP contribution in [0.15, 0.2) is 150 Å². The molecule has 0 saturated carbocycles. The third-order valence-corrected chi connectivity index (χ3v) is 11.2. The van der Waals surface area contributed by atoms with Crippen LogP contribution >= 0.6 is 0 Å². The molecule has 1 heterocycles. The average Bonchev–Trinajstić information content (AvgIpc) is 3.60. The number of furan rings is 1. The largest absolute Gasteiger partial charge is 0.456 e. The van der Waals surface area contributed by atoms with Crippen molar-refractivity contribution in [2.75, 3.05) is 0 Å². The Kier molecular flexibility index (Phi) is 4.97. The van der Waals surface area contributed by atoms with Gasteiger partial charge in [0.25, 0.3) is 0 Å². The zero-order valence-corrected chi connectivity index (χ0v) is 26.8. The fourth-order valence-corrected chi connectivity index (χ4v) is 9.07. The summed E-state index contributed by atoms with van der Waals surface area (Å²) in [6.45, 7) is 4.75. The quantitative estimate of drug-likeness (QED) is 0.140. The first-order valence-electron chi connectivity index (χ1n) is 16.9. The highest BCUT2D eigenvalue weighted by Crippen LogP contribution is 2.53. The van der Waals surface area contributed by atoms with E-state index >= 15 is 0 Å². The Morgan fingerprint density at radius 3 is 1.62 bits per heavy atom. The summed E-state index contributed by atoms with van der Waals surface area (Å²) in [5.41, 5.74) is 9.71. The van der Waals surface area contributed by atoms with Crippen LogP contribution in [0.4, 0.5) is 0 Å². The van der Waals surface area contributed by atoms with Crippen LogP contribution in [0.5, 0.6) is 0 Å². The standard InChI is InChI=1S/C47H30O/c1-47(2)38-21-9-14-29-25-36(34-19-10-22-39(47)46(34)42(29)38)44-32-17-7-5-15-30(32)43(31-16-6-8-18-33(31)44)35-20-11-23-40-45(35)37-24-27-12-3-4-13-28(27)26-41(37)48-40/h3-26H,1-2H3. The minimum atomic E-state index is -0.0364. The molecule has 0 N–H and O–H groups in total. The molecule has 0 bridgehead atoms.